The average molecular weight is 323 g/mol. The van der Waals surface area contributed by atoms with Crippen LogP contribution in [0.15, 0.2) is 27.8 Å². The molecule has 1 aromatic heterocycles. The number of aromatic nitrogens is 1. The minimum Gasteiger partial charge on any atom is -0.393 e. The van der Waals surface area contributed by atoms with E-state index in [1.165, 1.54) is 18.5 Å². The van der Waals surface area contributed by atoms with Crippen molar-refractivity contribution in [2.45, 2.75) is 30.8 Å². The molecule has 96 valence electrons. The van der Waals surface area contributed by atoms with Crippen molar-refractivity contribution < 1.29 is 13.5 Å². The lowest BCUT2D eigenvalue weighted by molar-refractivity contribution is 0.182. The minimum absolute atomic E-state index is 0.129. The summed E-state index contributed by atoms with van der Waals surface area (Å²) in [4.78, 5) is 3.93. The number of nitrogens with zero attached hydrogens (tertiary/aromatic N) is 1. The lowest BCUT2D eigenvalue weighted by atomic mass is 10.2. The summed E-state index contributed by atoms with van der Waals surface area (Å²) in [7, 11) is -3.50. The molecule has 0 fully saturated rings. The van der Waals surface area contributed by atoms with Crippen LogP contribution in [-0.4, -0.2) is 31.2 Å². The Morgan fingerprint density at radius 2 is 2.24 bits per heavy atom. The fraction of sp³-hybridized carbons (Fsp3) is 0.500. The van der Waals surface area contributed by atoms with Crippen molar-refractivity contribution in [2.75, 3.05) is 6.54 Å². The molecule has 0 amide bonds. The van der Waals surface area contributed by atoms with Gasteiger partial charge in [-0.05, 0) is 41.8 Å². The van der Waals surface area contributed by atoms with Gasteiger partial charge in [0, 0.05) is 23.4 Å². The SMILES string of the molecule is CC(O)CCCNS(=O)(=O)c1cncc(Br)c1. The van der Waals surface area contributed by atoms with E-state index in [0.29, 0.717) is 23.9 Å². The topological polar surface area (TPSA) is 79.3 Å². The second kappa shape index (κ2) is 6.44. The van der Waals surface area contributed by atoms with E-state index in [0.717, 1.165) is 0 Å². The van der Waals surface area contributed by atoms with Gasteiger partial charge in [-0.15, -0.1) is 0 Å². The smallest absolute Gasteiger partial charge is 0.242 e. The highest BCUT2D eigenvalue weighted by Crippen LogP contribution is 2.13. The first kappa shape index (κ1) is 14.6. The molecule has 17 heavy (non-hydrogen) atoms. The number of sulfonamides is 1. The van der Waals surface area contributed by atoms with Crippen molar-refractivity contribution >= 4 is 26.0 Å². The maximum atomic E-state index is 11.8. The molecule has 2 N–H and O–H groups in total. The van der Waals surface area contributed by atoms with Crippen molar-refractivity contribution in [2.24, 2.45) is 0 Å². The molecule has 0 saturated heterocycles. The Bertz CT molecular complexity index is 462. The van der Waals surface area contributed by atoms with E-state index < -0.39 is 16.1 Å². The summed E-state index contributed by atoms with van der Waals surface area (Å²) in [5.41, 5.74) is 0. The lowest BCUT2D eigenvalue weighted by Crippen LogP contribution is -2.25. The number of hydrogen-bond donors (Lipinski definition) is 2. The first-order valence-electron chi connectivity index (χ1n) is 5.20. The minimum atomic E-state index is -3.50. The van der Waals surface area contributed by atoms with Crippen molar-refractivity contribution in [1.29, 1.82) is 0 Å². The van der Waals surface area contributed by atoms with E-state index in [-0.39, 0.29) is 4.90 Å². The van der Waals surface area contributed by atoms with Crippen molar-refractivity contribution in [3.8, 4) is 0 Å². The van der Waals surface area contributed by atoms with Crippen LogP contribution in [0.5, 0.6) is 0 Å². The van der Waals surface area contributed by atoms with Crippen LogP contribution in [0.25, 0.3) is 0 Å². The van der Waals surface area contributed by atoms with E-state index in [1.54, 1.807) is 6.92 Å². The van der Waals surface area contributed by atoms with Crippen LogP contribution in [-0.2, 0) is 10.0 Å². The number of rotatable bonds is 6. The molecule has 1 heterocycles. The predicted octanol–water partition coefficient (Wildman–Crippen LogP) is 1.28. The number of pyridine rings is 1. The van der Waals surface area contributed by atoms with Gasteiger partial charge in [-0.3, -0.25) is 4.98 Å². The van der Waals surface area contributed by atoms with Crippen LogP contribution in [0.1, 0.15) is 19.8 Å². The van der Waals surface area contributed by atoms with E-state index in [2.05, 4.69) is 25.6 Å². The van der Waals surface area contributed by atoms with Gasteiger partial charge in [0.2, 0.25) is 10.0 Å². The largest absolute Gasteiger partial charge is 0.393 e. The Labute approximate surface area is 109 Å². The molecule has 0 aliphatic rings. The number of halogens is 1. The van der Waals surface area contributed by atoms with Gasteiger partial charge >= 0.3 is 0 Å². The first-order valence-corrected chi connectivity index (χ1v) is 7.48. The molecule has 0 saturated carbocycles. The molecule has 5 nitrogen and oxygen atoms in total. The van der Waals surface area contributed by atoms with Gasteiger partial charge in [0.05, 0.1) is 6.10 Å². The van der Waals surface area contributed by atoms with E-state index in [1.807, 2.05) is 0 Å². The highest BCUT2D eigenvalue weighted by atomic mass is 79.9. The Morgan fingerprint density at radius 1 is 1.53 bits per heavy atom. The third-order valence-electron chi connectivity index (χ3n) is 2.08. The molecular formula is C10H15BrN2O3S. The molecule has 0 aromatic carbocycles. The van der Waals surface area contributed by atoms with Crippen molar-refractivity contribution in [3.05, 3.63) is 22.9 Å². The first-order chi connectivity index (χ1) is 7.92. The van der Waals surface area contributed by atoms with Crippen LogP contribution in [0.3, 0.4) is 0 Å². The zero-order valence-electron chi connectivity index (χ0n) is 9.43. The third-order valence-corrected chi connectivity index (χ3v) is 3.94. The summed E-state index contributed by atoms with van der Waals surface area (Å²) in [5.74, 6) is 0. The number of nitrogens with one attached hydrogen (secondary N) is 1. The molecule has 1 rings (SSSR count). The predicted molar refractivity (Wildman–Crippen MR) is 68.0 cm³/mol. The Hall–Kier alpha value is -0.500. The second-order valence-electron chi connectivity index (χ2n) is 3.73. The number of aliphatic hydroxyl groups excluding tert-OH is 1. The summed E-state index contributed by atoms with van der Waals surface area (Å²) in [5, 5.41) is 9.04. The molecule has 0 bridgehead atoms. The normalized spacial score (nSPS) is 13.6. The van der Waals surface area contributed by atoms with Gasteiger partial charge in [0.1, 0.15) is 4.90 Å². The van der Waals surface area contributed by atoms with E-state index >= 15 is 0 Å². The number of aliphatic hydroxyl groups is 1. The monoisotopic (exact) mass is 322 g/mol. The molecule has 0 spiro atoms. The molecule has 0 aliphatic carbocycles. The Kier molecular flexibility index (Phi) is 5.51. The molecular weight excluding hydrogens is 308 g/mol. The van der Waals surface area contributed by atoms with Crippen LogP contribution >= 0.6 is 15.9 Å². The van der Waals surface area contributed by atoms with Gasteiger partial charge in [-0.25, -0.2) is 13.1 Å². The van der Waals surface area contributed by atoms with Crippen LogP contribution < -0.4 is 4.72 Å². The number of hydrogen-bond acceptors (Lipinski definition) is 4. The van der Waals surface area contributed by atoms with Gasteiger partial charge in [0.15, 0.2) is 0 Å². The van der Waals surface area contributed by atoms with Gasteiger partial charge in [-0.1, -0.05) is 0 Å². The Balaban J connectivity index is 2.57. The quantitative estimate of drug-likeness (QED) is 0.773. The highest BCUT2D eigenvalue weighted by Gasteiger charge is 2.13. The third kappa shape index (κ3) is 5.12. The zero-order valence-corrected chi connectivity index (χ0v) is 11.8. The standard InChI is InChI=1S/C10H15BrN2O3S/c1-8(14)3-2-4-13-17(15,16)10-5-9(11)6-12-7-10/h5-8,13-14H,2-4H2,1H3. The van der Waals surface area contributed by atoms with Gasteiger partial charge < -0.3 is 5.11 Å². The fourth-order valence-corrected chi connectivity index (χ4v) is 2.80. The zero-order chi connectivity index (χ0) is 12.9. The molecule has 0 aliphatic heterocycles. The molecule has 1 atom stereocenters. The van der Waals surface area contributed by atoms with Crippen LogP contribution in [0, 0.1) is 0 Å². The summed E-state index contributed by atoms with van der Waals surface area (Å²) >= 11 is 3.17. The molecule has 0 radical (unpaired) electrons. The molecule has 1 unspecified atom stereocenters. The lowest BCUT2D eigenvalue weighted by Gasteiger charge is -2.07. The maximum absolute atomic E-state index is 11.8. The molecule has 1 aromatic rings. The summed E-state index contributed by atoms with van der Waals surface area (Å²) < 4.78 is 26.7. The highest BCUT2D eigenvalue weighted by molar-refractivity contribution is 9.10. The second-order valence-corrected chi connectivity index (χ2v) is 6.41. The summed E-state index contributed by atoms with van der Waals surface area (Å²) in [6.07, 6.45) is 3.57. The summed E-state index contributed by atoms with van der Waals surface area (Å²) in [6.45, 7) is 1.98. The van der Waals surface area contributed by atoms with E-state index in [9.17, 15) is 8.42 Å². The fourth-order valence-electron chi connectivity index (χ4n) is 1.23. The maximum Gasteiger partial charge on any atom is 0.242 e. The van der Waals surface area contributed by atoms with Crippen molar-refractivity contribution in [1.82, 2.24) is 9.71 Å². The van der Waals surface area contributed by atoms with Crippen LogP contribution in [0.4, 0.5) is 0 Å². The average Bonchev–Trinajstić information content (AvgIpc) is 2.24. The van der Waals surface area contributed by atoms with Crippen LogP contribution in [0.2, 0.25) is 0 Å². The van der Waals surface area contributed by atoms with E-state index in [4.69, 9.17) is 5.11 Å². The summed E-state index contributed by atoms with van der Waals surface area (Å²) in [6, 6.07) is 1.49. The van der Waals surface area contributed by atoms with Crippen molar-refractivity contribution in [3.63, 3.8) is 0 Å². The van der Waals surface area contributed by atoms with Gasteiger partial charge in [0.25, 0.3) is 0 Å². The Morgan fingerprint density at radius 3 is 2.82 bits per heavy atom. The molecule has 7 heteroatoms. The van der Waals surface area contributed by atoms with Gasteiger partial charge in [-0.2, -0.15) is 0 Å².